The Labute approximate surface area is 103 Å². The van der Waals surface area contributed by atoms with E-state index in [0.29, 0.717) is 5.69 Å². The quantitative estimate of drug-likeness (QED) is 0.596. The average molecular weight is 405 g/mol. The van der Waals surface area contributed by atoms with E-state index in [9.17, 15) is 9.18 Å². The lowest BCUT2D eigenvalue weighted by Crippen LogP contribution is -2.17. The lowest BCUT2D eigenvalue weighted by molar-refractivity contribution is -0.113. The highest BCUT2D eigenvalue weighted by Crippen LogP contribution is 2.14. The number of hydrogen-bond acceptors (Lipinski definition) is 1. The molecule has 0 aliphatic rings. The summed E-state index contributed by atoms with van der Waals surface area (Å²) < 4.78 is 12.3. The Kier molecular flexibility index (Phi) is 4.36. The van der Waals surface area contributed by atoms with Crippen LogP contribution in [0.2, 0.25) is 0 Å². The summed E-state index contributed by atoms with van der Waals surface area (Å²) in [6.45, 7) is 0. The van der Waals surface area contributed by atoms with Gasteiger partial charge in [0.2, 0.25) is 5.91 Å². The summed E-state index contributed by atoms with van der Waals surface area (Å²) in [6, 6.07) is 5.68. The SMILES string of the molecule is O=C(Nc1ccc(F)cc1)C(I)I. The predicted octanol–water partition coefficient (Wildman–Crippen LogP) is 2.96. The first kappa shape index (κ1) is 11.2. The maximum atomic E-state index is 12.5. The van der Waals surface area contributed by atoms with Gasteiger partial charge in [-0.25, -0.2) is 4.39 Å². The lowest BCUT2D eigenvalue weighted by atomic mass is 10.3. The first-order valence-electron chi connectivity index (χ1n) is 3.44. The van der Waals surface area contributed by atoms with Crippen LogP contribution >= 0.6 is 45.2 Å². The molecule has 1 aromatic rings. The molecule has 1 rings (SSSR count). The fourth-order valence-corrected chi connectivity index (χ4v) is 1.04. The molecule has 0 saturated carbocycles. The Hall–Kier alpha value is 0.0800. The molecule has 1 N–H and O–H groups in total. The van der Waals surface area contributed by atoms with Crippen molar-refractivity contribution in [2.75, 3.05) is 5.32 Å². The summed E-state index contributed by atoms with van der Waals surface area (Å²) >= 11 is 4.00. The van der Waals surface area contributed by atoms with E-state index in [-0.39, 0.29) is 13.7 Å². The number of nitrogens with one attached hydrogen (secondary N) is 1. The van der Waals surface area contributed by atoms with E-state index < -0.39 is 0 Å². The zero-order valence-corrected chi connectivity index (χ0v) is 10.7. The number of anilines is 1. The van der Waals surface area contributed by atoms with Gasteiger partial charge in [-0.2, -0.15) is 0 Å². The lowest BCUT2D eigenvalue weighted by Gasteiger charge is -2.04. The van der Waals surface area contributed by atoms with Crippen LogP contribution in [0.3, 0.4) is 0 Å². The monoisotopic (exact) mass is 405 g/mol. The van der Waals surface area contributed by atoms with Gasteiger partial charge in [0.1, 0.15) is 7.75 Å². The van der Waals surface area contributed by atoms with Gasteiger partial charge in [0.05, 0.1) is 0 Å². The molecule has 5 heteroatoms. The van der Waals surface area contributed by atoms with E-state index >= 15 is 0 Å². The minimum atomic E-state index is -0.307. The van der Waals surface area contributed by atoms with E-state index in [1.165, 1.54) is 24.3 Å². The van der Waals surface area contributed by atoms with Crippen molar-refractivity contribution in [3.05, 3.63) is 30.1 Å². The number of benzene rings is 1. The number of carbonyl (C=O) groups is 1. The molecule has 0 spiro atoms. The van der Waals surface area contributed by atoms with Crippen LogP contribution in [0.4, 0.5) is 10.1 Å². The third-order valence-corrected chi connectivity index (χ3v) is 2.44. The van der Waals surface area contributed by atoms with Crippen molar-refractivity contribution >= 4 is 56.8 Å². The molecule has 0 aromatic heterocycles. The Bertz CT molecular complexity index is 300. The van der Waals surface area contributed by atoms with Crippen molar-refractivity contribution in [2.45, 2.75) is 1.93 Å². The predicted molar refractivity (Wildman–Crippen MR) is 66.9 cm³/mol. The Morgan fingerprint density at radius 2 is 1.85 bits per heavy atom. The summed E-state index contributed by atoms with van der Waals surface area (Å²) in [6.07, 6.45) is 0. The average Bonchev–Trinajstić information content (AvgIpc) is 2.08. The molecule has 70 valence electrons. The van der Waals surface area contributed by atoms with Crippen molar-refractivity contribution in [1.82, 2.24) is 0 Å². The van der Waals surface area contributed by atoms with Gasteiger partial charge in [0.15, 0.2) is 0 Å². The van der Waals surface area contributed by atoms with Gasteiger partial charge in [-0.15, -0.1) is 0 Å². The number of carbonyl (C=O) groups excluding carboxylic acids is 1. The largest absolute Gasteiger partial charge is 0.324 e. The van der Waals surface area contributed by atoms with Crippen LogP contribution in [-0.4, -0.2) is 7.84 Å². The topological polar surface area (TPSA) is 29.1 Å². The molecular formula is C8H6FI2NO. The fourth-order valence-electron chi connectivity index (χ4n) is 0.730. The van der Waals surface area contributed by atoms with Crippen LogP contribution in [0.5, 0.6) is 0 Å². The zero-order valence-electron chi connectivity index (χ0n) is 6.43. The Morgan fingerprint density at radius 3 is 2.31 bits per heavy atom. The first-order valence-corrected chi connectivity index (χ1v) is 5.93. The highest BCUT2D eigenvalue weighted by molar-refractivity contribution is 14.2. The highest BCUT2D eigenvalue weighted by Gasteiger charge is 2.09. The molecule has 0 radical (unpaired) electrons. The first-order chi connectivity index (χ1) is 6.09. The molecule has 0 saturated heterocycles. The molecule has 1 amide bonds. The molecule has 0 fully saturated rings. The molecular weight excluding hydrogens is 399 g/mol. The second kappa shape index (κ2) is 5.08. The van der Waals surface area contributed by atoms with Crippen LogP contribution in [0.15, 0.2) is 24.3 Å². The number of rotatable bonds is 2. The van der Waals surface area contributed by atoms with E-state index in [1.807, 2.05) is 45.2 Å². The molecule has 0 unspecified atom stereocenters. The van der Waals surface area contributed by atoms with Crippen LogP contribution in [0.1, 0.15) is 0 Å². The minimum Gasteiger partial charge on any atom is -0.324 e. The van der Waals surface area contributed by atoms with Crippen molar-refractivity contribution in [3.8, 4) is 0 Å². The molecule has 0 bridgehead atoms. The number of hydrogen-bond donors (Lipinski definition) is 1. The van der Waals surface area contributed by atoms with Gasteiger partial charge in [-0.3, -0.25) is 4.79 Å². The van der Waals surface area contributed by atoms with Gasteiger partial charge in [0.25, 0.3) is 0 Å². The van der Waals surface area contributed by atoms with Gasteiger partial charge >= 0.3 is 0 Å². The molecule has 1 aromatic carbocycles. The van der Waals surface area contributed by atoms with Crippen LogP contribution < -0.4 is 5.32 Å². The second-order valence-corrected chi connectivity index (χ2v) is 7.17. The van der Waals surface area contributed by atoms with Gasteiger partial charge in [0, 0.05) is 5.69 Å². The number of alkyl halides is 2. The van der Waals surface area contributed by atoms with Gasteiger partial charge in [-0.1, -0.05) is 45.2 Å². The maximum absolute atomic E-state index is 12.5. The molecule has 0 aliphatic heterocycles. The maximum Gasteiger partial charge on any atom is 0.247 e. The molecule has 2 nitrogen and oxygen atoms in total. The van der Waals surface area contributed by atoms with Crippen molar-refractivity contribution in [3.63, 3.8) is 0 Å². The smallest absolute Gasteiger partial charge is 0.247 e. The van der Waals surface area contributed by atoms with E-state index in [4.69, 9.17) is 0 Å². The summed E-state index contributed by atoms with van der Waals surface area (Å²) in [5.41, 5.74) is 0.615. The van der Waals surface area contributed by atoms with Gasteiger partial charge in [-0.05, 0) is 24.3 Å². The minimum absolute atomic E-state index is 0.0900. The molecule has 13 heavy (non-hydrogen) atoms. The summed E-state index contributed by atoms with van der Waals surface area (Å²) in [5, 5.41) is 2.65. The van der Waals surface area contributed by atoms with Crippen LogP contribution in [-0.2, 0) is 4.79 Å². The molecule has 0 heterocycles. The van der Waals surface area contributed by atoms with E-state index in [2.05, 4.69) is 5.32 Å². The second-order valence-electron chi connectivity index (χ2n) is 2.30. The van der Waals surface area contributed by atoms with E-state index in [0.717, 1.165) is 0 Å². The molecule has 0 aliphatic carbocycles. The highest BCUT2D eigenvalue weighted by atomic mass is 127. The summed E-state index contributed by atoms with van der Waals surface area (Å²) in [4.78, 5) is 11.2. The Morgan fingerprint density at radius 1 is 1.31 bits per heavy atom. The third kappa shape index (κ3) is 3.75. The Balaban J connectivity index is 2.65. The number of amides is 1. The molecule has 0 atom stereocenters. The third-order valence-electron chi connectivity index (χ3n) is 1.31. The van der Waals surface area contributed by atoms with Crippen molar-refractivity contribution in [2.24, 2.45) is 0 Å². The van der Waals surface area contributed by atoms with Crippen molar-refractivity contribution < 1.29 is 9.18 Å². The standard InChI is InChI=1S/C8H6FI2NO/c9-5-1-3-6(4-2-5)12-8(13)7(10)11/h1-4,7H,(H,12,13). The fraction of sp³-hybridized carbons (Fsp3) is 0.125. The number of halogens is 3. The van der Waals surface area contributed by atoms with Gasteiger partial charge < -0.3 is 5.32 Å². The summed E-state index contributed by atoms with van der Waals surface area (Å²) in [5.74, 6) is -0.397. The van der Waals surface area contributed by atoms with Crippen LogP contribution in [0.25, 0.3) is 0 Å². The van der Waals surface area contributed by atoms with E-state index in [1.54, 1.807) is 0 Å². The summed E-state index contributed by atoms with van der Waals surface area (Å²) in [7, 11) is 0. The van der Waals surface area contributed by atoms with Crippen molar-refractivity contribution in [1.29, 1.82) is 0 Å². The van der Waals surface area contributed by atoms with Crippen LogP contribution in [0, 0.1) is 5.82 Å². The zero-order chi connectivity index (χ0) is 9.84. The normalized spacial score (nSPS) is 10.2.